The SMILES string of the molecule is CC1CNC(=O)C(C(=O)c2ccc(C(F)(F)F)cc2[N+](=O)[O-])C1=O. The monoisotopic (exact) mass is 344 g/mol. The number of nitro benzene ring substituents is 1. The van der Waals surface area contributed by atoms with Crippen LogP contribution in [0, 0.1) is 22.0 Å². The highest BCUT2D eigenvalue weighted by Gasteiger charge is 2.43. The topological polar surface area (TPSA) is 106 Å². The summed E-state index contributed by atoms with van der Waals surface area (Å²) in [6.07, 6.45) is -4.83. The normalized spacial score (nSPS) is 21.3. The molecule has 0 aliphatic carbocycles. The number of nitrogens with one attached hydrogen (secondary N) is 1. The van der Waals surface area contributed by atoms with E-state index in [1.165, 1.54) is 6.92 Å². The first-order valence-corrected chi connectivity index (χ1v) is 6.75. The fourth-order valence-corrected chi connectivity index (χ4v) is 2.34. The molecule has 0 radical (unpaired) electrons. The number of hydrogen-bond acceptors (Lipinski definition) is 5. The second-order valence-corrected chi connectivity index (χ2v) is 5.33. The highest BCUT2D eigenvalue weighted by molar-refractivity contribution is 6.26. The predicted molar refractivity (Wildman–Crippen MR) is 73.1 cm³/mol. The van der Waals surface area contributed by atoms with Crippen LogP contribution in [0.3, 0.4) is 0 Å². The van der Waals surface area contributed by atoms with Crippen LogP contribution in [0.5, 0.6) is 0 Å². The summed E-state index contributed by atoms with van der Waals surface area (Å²) in [5.41, 5.74) is -3.12. The van der Waals surface area contributed by atoms with Gasteiger partial charge in [-0.05, 0) is 12.1 Å². The number of halogens is 3. The number of ketones is 2. The van der Waals surface area contributed by atoms with Gasteiger partial charge in [-0.2, -0.15) is 13.2 Å². The third-order valence-corrected chi connectivity index (χ3v) is 3.66. The second kappa shape index (κ2) is 6.02. The minimum atomic E-state index is -4.83. The van der Waals surface area contributed by atoms with Gasteiger partial charge in [0.15, 0.2) is 17.5 Å². The first-order valence-electron chi connectivity index (χ1n) is 6.75. The van der Waals surface area contributed by atoms with E-state index in [-0.39, 0.29) is 12.6 Å². The third kappa shape index (κ3) is 3.12. The van der Waals surface area contributed by atoms with Gasteiger partial charge in [0.05, 0.1) is 16.1 Å². The number of rotatable bonds is 3. The van der Waals surface area contributed by atoms with Gasteiger partial charge in [-0.15, -0.1) is 0 Å². The summed E-state index contributed by atoms with van der Waals surface area (Å²) in [5.74, 6) is -5.31. The van der Waals surface area contributed by atoms with Crippen LogP contribution in [-0.4, -0.2) is 28.9 Å². The van der Waals surface area contributed by atoms with Crippen molar-refractivity contribution < 1.29 is 32.5 Å². The summed E-state index contributed by atoms with van der Waals surface area (Å²) in [4.78, 5) is 46.0. The highest BCUT2D eigenvalue weighted by atomic mass is 19.4. The summed E-state index contributed by atoms with van der Waals surface area (Å²) < 4.78 is 38.0. The highest BCUT2D eigenvalue weighted by Crippen LogP contribution is 2.34. The quantitative estimate of drug-likeness (QED) is 0.389. The van der Waals surface area contributed by atoms with Gasteiger partial charge in [0.2, 0.25) is 5.91 Å². The number of hydrogen-bond donors (Lipinski definition) is 1. The number of carbonyl (C=O) groups is 3. The van der Waals surface area contributed by atoms with Crippen LogP contribution in [0.1, 0.15) is 22.8 Å². The molecule has 1 aliphatic heterocycles. The number of amides is 1. The molecule has 0 aromatic heterocycles. The zero-order chi connectivity index (χ0) is 18.2. The van der Waals surface area contributed by atoms with Gasteiger partial charge in [0, 0.05) is 18.5 Å². The van der Waals surface area contributed by atoms with Crippen LogP contribution in [-0.2, 0) is 15.8 Å². The minimum absolute atomic E-state index is 0.0244. The van der Waals surface area contributed by atoms with E-state index >= 15 is 0 Å². The predicted octanol–water partition coefficient (Wildman–Crippen LogP) is 1.75. The van der Waals surface area contributed by atoms with Gasteiger partial charge in [-0.3, -0.25) is 24.5 Å². The van der Waals surface area contributed by atoms with Gasteiger partial charge in [-0.1, -0.05) is 6.92 Å². The molecule has 2 unspecified atom stereocenters. The first kappa shape index (κ1) is 17.6. The number of alkyl halides is 3. The summed E-state index contributed by atoms with van der Waals surface area (Å²) in [6.45, 7) is 1.49. The molecule has 7 nitrogen and oxygen atoms in total. The summed E-state index contributed by atoms with van der Waals surface area (Å²) in [7, 11) is 0. The molecule has 24 heavy (non-hydrogen) atoms. The fourth-order valence-electron chi connectivity index (χ4n) is 2.34. The van der Waals surface area contributed by atoms with Crippen molar-refractivity contribution >= 4 is 23.2 Å². The molecule has 0 bridgehead atoms. The first-order chi connectivity index (χ1) is 11.0. The van der Waals surface area contributed by atoms with E-state index in [2.05, 4.69) is 5.32 Å². The van der Waals surface area contributed by atoms with E-state index in [1.807, 2.05) is 0 Å². The fraction of sp³-hybridized carbons (Fsp3) is 0.357. The zero-order valence-electron chi connectivity index (χ0n) is 12.2. The summed E-state index contributed by atoms with van der Waals surface area (Å²) in [6, 6.07) is 1.32. The number of piperidine rings is 1. The molecule has 1 aromatic rings. The minimum Gasteiger partial charge on any atom is -0.354 e. The Balaban J connectivity index is 2.51. The van der Waals surface area contributed by atoms with E-state index in [4.69, 9.17) is 0 Å². The van der Waals surface area contributed by atoms with E-state index in [0.717, 1.165) is 0 Å². The molecule has 1 aliphatic rings. The van der Waals surface area contributed by atoms with Crippen LogP contribution in [0.15, 0.2) is 18.2 Å². The molecule has 2 rings (SSSR count). The van der Waals surface area contributed by atoms with Crippen LogP contribution < -0.4 is 5.32 Å². The van der Waals surface area contributed by atoms with E-state index in [9.17, 15) is 37.7 Å². The van der Waals surface area contributed by atoms with Crippen molar-refractivity contribution in [2.45, 2.75) is 13.1 Å². The Labute approximate surface area is 133 Å². The molecule has 0 spiro atoms. The Bertz CT molecular complexity index is 744. The Morgan fingerprint density at radius 3 is 2.50 bits per heavy atom. The molecule has 0 saturated carbocycles. The molecule has 128 valence electrons. The molecule has 1 aromatic carbocycles. The number of benzene rings is 1. The lowest BCUT2D eigenvalue weighted by atomic mass is 9.83. The average molecular weight is 344 g/mol. The molecular weight excluding hydrogens is 333 g/mol. The molecule has 1 amide bonds. The van der Waals surface area contributed by atoms with E-state index in [1.54, 1.807) is 0 Å². The zero-order valence-corrected chi connectivity index (χ0v) is 12.2. The molecule has 1 saturated heterocycles. The summed E-state index contributed by atoms with van der Waals surface area (Å²) in [5, 5.41) is 13.3. The average Bonchev–Trinajstić information content (AvgIpc) is 2.49. The Kier molecular flexibility index (Phi) is 4.41. The Morgan fingerprint density at radius 2 is 1.96 bits per heavy atom. The van der Waals surface area contributed by atoms with E-state index in [0.29, 0.717) is 12.1 Å². The Hall–Kier alpha value is -2.78. The molecule has 1 N–H and O–H groups in total. The smallest absolute Gasteiger partial charge is 0.354 e. The third-order valence-electron chi connectivity index (χ3n) is 3.66. The van der Waals surface area contributed by atoms with Gasteiger partial charge in [0.25, 0.3) is 5.69 Å². The standard InChI is InChI=1S/C14H11F3N2O5/c1-6-5-18-13(22)10(11(6)20)12(21)8-3-2-7(14(15,16)17)4-9(8)19(23)24/h2-4,6,10H,5H2,1H3,(H,18,22). The lowest BCUT2D eigenvalue weighted by Crippen LogP contribution is -2.50. The molecule has 2 atom stereocenters. The van der Waals surface area contributed by atoms with Crippen molar-refractivity contribution in [2.24, 2.45) is 11.8 Å². The lowest BCUT2D eigenvalue weighted by molar-refractivity contribution is -0.385. The molecule has 1 fully saturated rings. The van der Waals surface area contributed by atoms with Crippen molar-refractivity contribution in [1.29, 1.82) is 0 Å². The number of Topliss-reactive ketones (excluding diaryl/α,β-unsaturated/α-hetero) is 2. The van der Waals surface area contributed by atoms with Crippen molar-refractivity contribution in [1.82, 2.24) is 5.32 Å². The maximum Gasteiger partial charge on any atom is 0.416 e. The maximum absolute atomic E-state index is 12.7. The van der Waals surface area contributed by atoms with Crippen molar-refractivity contribution in [3.05, 3.63) is 39.4 Å². The maximum atomic E-state index is 12.7. The lowest BCUT2D eigenvalue weighted by Gasteiger charge is -2.24. The van der Waals surface area contributed by atoms with Gasteiger partial charge in [-0.25, -0.2) is 0 Å². The Morgan fingerprint density at radius 1 is 1.33 bits per heavy atom. The van der Waals surface area contributed by atoms with Gasteiger partial charge in [0.1, 0.15) is 0 Å². The largest absolute Gasteiger partial charge is 0.416 e. The van der Waals surface area contributed by atoms with Crippen LogP contribution in [0.25, 0.3) is 0 Å². The molecule has 1 heterocycles. The van der Waals surface area contributed by atoms with Crippen molar-refractivity contribution in [2.75, 3.05) is 6.54 Å². The number of nitro groups is 1. The number of carbonyl (C=O) groups excluding carboxylic acids is 3. The van der Waals surface area contributed by atoms with Crippen molar-refractivity contribution in [3.8, 4) is 0 Å². The van der Waals surface area contributed by atoms with Crippen molar-refractivity contribution in [3.63, 3.8) is 0 Å². The second-order valence-electron chi connectivity index (χ2n) is 5.33. The van der Waals surface area contributed by atoms with Gasteiger partial charge < -0.3 is 5.32 Å². The van der Waals surface area contributed by atoms with Crippen LogP contribution in [0.2, 0.25) is 0 Å². The van der Waals surface area contributed by atoms with Crippen LogP contribution in [0.4, 0.5) is 18.9 Å². The van der Waals surface area contributed by atoms with Crippen LogP contribution >= 0.6 is 0 Å². The van der Waals surface area contributed by atoms with Gasteiger partial charge >= 0.3 is 6.18 Å². The molecular formula is C14H11F3N2O5. The molecule has 10 heteroatoms. The van der Waals surface area contributed by atoms with E-state index < -0.39 is 57.2 Å². The number of nitrogens with zero attached hydrogens (tertiary/aromatic N) is 1. The summed E-state index contributed by atoms with van der Waals surface area (Å²) >= 11 is 0.